The Morgan fingerprint density at radius 2 is 0.757 bits per heavy atom. The first-order valence-electron chi connectivity index (χ1n) is 45.8. The van der Waals surface area contributed by atoms with Gasteiger partial charge in [0.05, 0.1) is 167 Å². The summed E-state index contributed by atoms with van der Waals surface area (Å²) in [6, 6.07) is 50.6. The fourth-order valence-electron chi connectivity index (χ4n) is 12.8. The third kappa shape index (κ3) is 34.4. The highest BCUT2D eigenvalue weighted by Crippen LogP contribution is 2.40. The Bertz CT molecular complexity index is 7160. The first kappa shape index (κ1) is 114. The van der Waals surface area contributed by atoms with E-state index in [-0.39, 0.29) is 0 Å². The minimum atomic E-state index is 0.493. The van der Waals surface area contributed by atoms with Crippen molar-refractivity contribution in [1.82, 2.24) is 4.57 Å². The molecular formula is C102H127ClN34O4S7+8. The van der Waals surface area contributed by atoms with Crippen molar-refractivity contribution in [3.8, 4) is 29.1 Å². The number of benzene rings is 8. The Labute approximate surface area is 897 Å². The molecule has 0 spiro atoms. The molecule has 46 heteroatoms. The van der Waals surface area contributed by atoms with Crippen LogP contribution < -0.4 is 95.5 Å². The molecule has 0 amide bonds. The van der Waals surface area contributed by atoms with E-state index in [2.05, 4.69) is 139 Å². The lowest BCUT2D eigenvalue weighted by molar-refractivity contribution is -0.676. The Balaban J connectivity index is 0.000000173. The largest absolute Gasteiger partial charge is 0.495 e. The summed E-state index contributed by atoms with van der Waals surface area (Å²) < 4.78 is 38.8. The van der Waals surface area contributed by atoms with Gasteiger partial charge >= 0.3 is 41.9 Å². The average Bonchev–Trinajstić information content (AvgIpc) is 0.986. The quantitative estimate of drug-likeness (QED) is 0.0300. The maximum absolute atomic E-state index is 9.16. The molecule has 1 aliphatic rings. The molecule has 2 N–H and O–H groups in total. The van der Waals surface area contributed by atoms with E-state index in [4.69, 9.17) is 41.5 Å². The van der Waals surface area contributed by atoms with Gasteiger partial charge in [-0.25, -0.2) is 41.1 Å². The van der Waals surface area contributed by atoms with Gasteiger partial charge in [0.15, 0.2) is 0 Å². The third-order valence-electron chi connectivity index (χ3n) is 21.4. The molecule has 770 valence electrons. The fraction of sp³-hybridized carbons (Fsp3) is 0.284. The van der Waals surface area contributed by atoms with Crippen LogP contribution in [0.2, 0.25) is 5.02 Å². The zero-order valence-corrected chi connectivity index (χ0v) is 94.5. The van der Waals surface area contributed by atoms with Crippen LogP contribution in [-0.2, 0) is 62.9 Å². The van der Waals surface area contributed by atoms with Gasteiger partial charge in [0.25, 0.3) is 0 Å². The molecule has 0 saturated carbocycles. The van der Waals surface area contributed by atoms with Crippen molar-refractivity contribution in [3.05, 3.63) is 261 Å². The number of likely N-dealkylation sites (N-methyl/N-ethyl adjacent to an activating group) is 1. The SMILES string of the molecule is CC[n+]1ccsc1N=Nc1ccc(N(C)C)cc1.CN(C)c1ccc(N=Nc2scc[n+]2C)c(C#N)c1.CN(C)c1ccc(N=Nc2scc[n+]2C)c(Cl)c1.CN(C)c1ccc(N=Nc2scc[n+]2C)cc1.CN1CCOc2cc(N=Nc3scc[n+]3C)ccc21.COc1cc(N=Nc2n(C)cc[n+]2C)c(OC)cc1N.COc1cc(N=Nc2scc[n+]2C)ccc1N(C)C.Cc1cc(N=Nc2scc[n+]2C)ccc1N(C)C. The summed E-state index contributed by atoms with van der Waals surface area (Å²) in [6.07, 6.45) is 17.5. The Kier molecular flexibility index (Phi) is 44.4. The van der Waals surface area contributed by atoms with Gasteiger partial charge in [-0.15, -0.1) is 0 Å². The molecule has 8 aromatic carbocycles. The van der Waals surface area contributed by atoms with Crippen molar-refractivity contribution in [1.29, 1.82) is 5.26 Å². The lowest BCUT2D eigenvalue weighted by Crippen LogP contribution is -2.28. The second-order valence-corrected chi connectivity index (χ2v) is 40.1. The van der Waals surface area contributed by atoms with Crippen LogP contribution in [0.1, 0.15) is 18.1 Å². The van der Waals surface area contributed by atoms with Crippen molar-refractivity contribution >= 4 is 224 Å². The van der Waals surface area contributed by atoms with E-state index < -0.39 is 0 Å². The molecule has 0 radical (unpaired) electrons. The van der Waals surface area contributed by atoms with Gasteiger partial charge in [-0.1, -0.05) is 16.7 Å². The van der Waals surface area contributed by atoms with Crippen LogP contribution >= 0.6 is 91.0 Å². The molecule has 1 aliphatic heterocycles. The van der Waals surface area contributed by atoms with Crippen molar-refractivity contribution in [2.24, 2.45) is 138 Å². The highest BCUT2D eigenvalue weighted by Gasteiger charge is 2.22. The molecule has 38 nitrogen and oxygen atoms in total. The Morgan fingerprint density at radius 1 is 0.378 bits per heavy atom. The summed E-state index contributed by atoms with van der Waals surface area (Å²) in [4.78, 5) is 14.3. The number of nitrogen functional groups attached to an aromatic ring is 1. The number of fused-ring (bicyclic) bond motifs is 1. The first-order valence-corrected chi connectivity index (χ1v) is 52.4. The fourth-order valence-corrected chi connectivity index (χ4v) is 17.9. The summed E-state index contributed by atoms with van der Waals surface area (Å²) in [5.74, 6) is 3.46. The minimum Gasteiger partial charge on any atom is -0.495 e. The molecule has 0 saturated heterocycles. The van der Waals surface area contributed by atoms with E-state index in [0.717, 1.165) is 123 Å². The van der Waals surface area contributed by atoms with E-state index in [0.29, 0.717) is 57.4 Å². The van der Waals surface area contributed by atoms with Gasteiger partial charge < -0.3 is 59.0 Å². The molecule has 0 aliphatic carbocycles. The summed E-state index contributed by atoms with van der Waals surface area (Å²) in [5, 5.41) is 97.2. The lowest BCUT2D eigenvalue weighted by Gasteiger charge is -2.27. The zero-order chi connectivity index (χ0) is 107. The first-order chi connectivity index (χ1) is 71.0. The number of hydrogen-bond acceptors (Lipinski definition) is 36. The van der Waals surface area contributed by atoms with Crippen molar-refractivity contribution in [2.75, 3.05) is 166 Å². The van der Waals surface area contributed by atoms with Gasteiger partial charge in [0.1, 0.15) is 125 Å². The number of azo groups is 8. The number of nitriles is 1. The monoisotopic (exact) mass is 2150 g/mol. The summed E-state index contributed by atoms with van der Waals surface area (Å²) in [5.41, 5.74) is 21.7. The number of anilines is 8. The number of thiazole rings is 7. The van der Waals surface area contributed by atoms with Gasteiger partial charge in [-0.05, 0) is 262 Å². The van der Waals surface area contributed by atoms with Gasteiger partial charge in [-0.3, -0.25) is 0 Å². The smallest absolute Gasteiger partial charge is 0.421 e. The van der Waals surface area contributed by atoms with E-state index in [1.54, 1.807) is 90.1 Å². The maximum atomic E-state index is 9.16. The molecule has 0 atom stereocenters. The van der Waals surface area contributed by atoms with Crippen LogP contribution in [0, 0.1) is 18.3 Å². The molecule has 0 bridgehead atoms. The predicted molar refractivity (Wildman–Crippen MR) is 598 cm³/mol. The number of halogens is 1. The van der Waals surface area contributed by atoms with Crippen molar-refractivity contribution in [3.63, 3.8) is 0 Å². The summed E-state index contributed by atoms with van der Waals surface area (Å²) >= 11 is 17.1. The average molecular weight is 2150 g/mol. The normalized spacial score (nSPS) is 11.4. The second-order valence-electron chi connectivity index (χ2n) is 33.5. The summed E-state index contributed by atoms with van der Waals surface area (Å²) in [6.45, 7) is 6.72. The minimum absolute atomic E-state index is 0.493. The molecule has 8 aromatic heterocycles. The van der Waals surface area contributed by atoms with E-state index in [9.17, 15) is 0 Å². The molecule has 0 fully saturated rings. The highest BCUT2D eigenvalue weighted by atomic mass is 35.5. The van der Waals surface area contributed by atoms with Crippen LogP contribution in [0.15, 0.2) is 327 Å². The standard InChI is InChI=1S/C13H17N5O2.C13H14N5S.C13H15N4OS.C13H17N4OS.2C13H17N4S.C12H14ClN4S.C12H15N4S/c1-17-5-6-18(2)13(17)16-15-10-8-11(19-3)9(14)7-12(10)20-4;1-17(2)11-4-5-12(10(8-11)9-14)15-16-13-18(3)6-7-19-13;1-16-5-7-18-12-9-10(3-4-11(12)16)14-15-13-17(2)6-8-19-13;1-16(2)11-6-5-10(9-12(11)18-4)14-15-13-17(3)7-8-19-13;1-10-9-11(5-6-12(10)16(2)3)14-15-13-17(4)7-8-18-13;1-4-17-9-10-18-13(17)15-14-11-5-7-12(8-6-11)16(2)3;1-16(2)9-4-5-11(10(13)8-9)14-15-12-17(3)6-7-18-12;1-15(2)11-6-4-10(5-7-11)13-14-12-16(3)8-9-17-12/h5-8,14H,1-4H3;4-8H,1-3H3;3-4,6,8-9H,5,7H2,1-2H3;5-9H,1-4H3;5-9H,1-4H3;5-10H,4H2,1-3H3;4-8H,1-3H3;4-9H,1-3H3/q;7*+1/p+1. The molecule has 17 rings (SSSR count). The van der Waals surface area contributed by atoms with Gasteiger partial charge in [0, 0.05) is 187 Å². The molecule has 16 aromatic rings. The molecule has 148 heavy (non-hydrogen) atoms. The number of ether oxygens (including phenoxy) is 4. The predicted octanol–water partition coefficient (Wildman–Crippen LogP) is 24.3. The number of hydrogen-bond donors (Lipinski definition) is 1. The number of aryl methyl sites for hydroxylation is 10. The van der Waals surface area contributed by atoms with Crippen LogP contribution in [0.3, 0.4) is 0 Å². The number of methoxy groups -OCH3 is 3. The summed E-state index contributed by atoms with van der Waals surface area (Å²) in [7, 11) is 46.2. The molecule has 9 heterocycles. The van der Waals surface area contributed by atoms with Crippen LogP contribution in [0.4, 0.5) is 133 Å². The topological polar surface area (TPSA) is 343 Å². The third-order valence-corrected chi connectivity index (χ3v) is 27.5. The van der Waals surface area contributed by atoms with E-state index in [1.165, 1.54) is 33.9 Å². The number of rotatable bonds is 26. The van der Waals surface area contributed by atoms with E-state index >= 15 is 0 Å². The maximum Gasteiger partial charge on any atom is 0.421 e. The van der Waals surface area contributed by atoms with Crippen LogP contribution in [-0.4, -0.2) is 131 Å². The van der Waals surface area contributed by atoms with E-state index in [1.807, 2.05) is 419 Å². The number of nitrogens with zero attached hydrogens (tertiary/aromatic N) is 33. The molecule has 0 unspecified atom stereocenters. The highest BCUT2D eigenvalue weighted by molar-refractivity contribution is 7.14. The lowest BCUT2D eigenvalue weighted by atomic mass is 10.1. The Morgan fingerprint density at radius 3 is 1.16 bits per heavy atom. The Hall–Kier alpha value is -15.4. The van der Waals surface area contributed by atoms with Gasteiger partial charge in [-0.2, -0.15) is 5.26 Å². The number of aromatic nitrogens is 9. The number of nitrogens with two attached hydrogens (primary N) is 1. The van der Waals surface area contributed by atoms with Gasteiger partial charge in [0.2, 0.25) is 0 Å². The molecular weight excluding hydrogens is 2030 g/mol. The van der Waals surface area contributed by atoms with Crippen LogP contribution in [0.5, 0.6) is 23.0 Å². The van der Waals surface area contributed by atoms with Crippen LogP contribution in [0.25, 0.3) is 0 Å². The second kappa shape index (κ2) is 57.5. The zero-order valence-electron chi connectivity index (χ0n) is 88.0. The van der Waals surface area contributed by atoms with Crippen molar-refractivity contribution in [2.45, 2.75) is 20.4 Å². The van der Waals surface area contributed by atoms with Crippen molar-refractivity contribution < 1.29 is 55.5 Å². The number of imidazole rings is 1.